The van der Waals surface area contributed by atoms with Crippen LogP contribution in [0.25, 0.3) is 11.1 Å². The lowest BCUT2D eigenvalue weighted by molar-refractivity contribution is 1.09. The van der Waals surface area contributed by atoms with E-state index in [1.165, 1.54) is 5.56 Å². The van der Waals surface area contributed by atoms with Crippen LogP contribution in [0.4, 0.5) is 0 Å². The summed E-state index contributed by atoms with van der Waals surface area (Å²) < 4.78 is 0. The van der Waals surface area contributed by atoms with Crippen LogP contribution in [0.1, 0.15) is 12.5 Å². The van der Waals surface area contributed by atoms with Gasteiger partial charge in [0.25, 0.3) is 0 Å². The van der Waals surface area contributed by atoms with Crippen molar-refractivity contribution < 1.29 is 0 Å². The predicted octanol–water partition coefficient (Wildman–Crippen LogP) is 3.29. The van der Waals surface area contributed by atoms with Crippen LogP contribution in [0.15, 0.2) is 30.5 Å². The molecule has 0 aliphatic rings. The molecule has 2 aromatic rings. The van der Waals surface area contributed by atoms with Gasteiger partial charge in [-0.1, -0.05) is 42.8 Å². The molecule has 0 fully saturated rings. The van der Waals surface area contributed by atoms with Crippen LogP contribution < -0.4 is 0 Å². The van der Waals surface area contributed by atoms with Gasteiger partial charge in [0, 0.05) is 5.56 Å². The van der Waals surface area contributed by atoms with E-state index in [1.807, 2.05) is 12.1 Å². The van der Waals surface area contributed by atoms with Crippen molar-refractivity contribution in [3.8, 4) is 11.1 Å². The first-order valence-corrected chi connectivity index (χ1v) is 4.98. The summed E-state index contributed by atoms with van der Waals surface area (Å²) in [6.45, 7) is 2.13. The van der Waals surface area contributed by atoms with Crippen molar-refractivity contribution in [3.05, 3.63) is 41.2 Å². The van der Waals surface area contributed by atoms with E-state index in [9.17, 15) is 0 Å². The fraction of sp³-hybridized carbons (Fsp3) is 0.182. The molecule has 0 saturated carbocycles. The van der Waals surface area contributed by atoms with Gasteiger partial charge in [-0.05, 0) is 17.5 Å². The Morgan fingerprint density at radius 1 is 1.29 bits per heavy atom. The maximum Gasteiger partial charge on any atom is 0.132 e. The van der Waals surface area contributed by atoms with Crippen LogP contribution in [0.3, 0.4) is 0 Å². The number of hydrogen-bond donors (Lipinski definition) is 1. The van der Waals surface area contributed by atoms with Gasteiger partial charge in [0.15, 0.2) is 0 Å². The van der Waals surface area contributed by atoms with E-state index < -0.39 is 0 Å². The Balaban J connectivity index is 2.56. The first-order valence-electron chi connectivity index (χ1n) is 4.60. The van der Waals surface area contributed by atoms with E-state index in [-0.39, 0.29) is 0 Å². The summed E-state index contributed by atoms with van der Waals surface area (Å²) in [4.78, 5) is 0. The standard InChI is InChI=1S/C11H11ClN2/c1-2-8-5-3-4-6-9(8)10-7-13-14-11(10)12/h3-7H,2H2,1H3,(H,13,14). The Morgan fingerprint density at radius 2 is 2.07 bits per heavy atom. The van der Waals surface area contributed by atoms with Crippen LogP contribution in [-0.2, 0) is 6.42 Å². The molecule has 3 heteroatoms. The summed E-state index contributed by atoms with van der Waals surface area (Å²) in [7, 11) is 0. The number of nitrogens with one attached hydrogen (secondary N) is 1. The highest BCUT2D eigenvalue weighted by Gasteiger charge is 2.08. The third kappa shape index (κ3) is 1.53. The summed E-state index contributed by atoms with van der Waals surface area (Å²) in [5.74, 6) is 0. The first-order chi connectivity index (χ1) is 6.83. The summed E-state index contributed by atoms with van der Waals surface area (Å²) in [5, 5.41) is 7.25. The fourth-order valence-corrected chi connectivity index (χ4v) is 1.75. The molecule has 2 nitrogen and oxygen atoms in total. The zero-order valence-corrected chi connectivity index (χ0v) is 8.67. The van der Waals surface area contributed by atoms with E-state index >= 15 is 0 Å². The van der Waals surface area contributed by atoms with E-state index in [1.54, 1.807) is 6.20 Å². The number of nitrogens with zero attached hydrogens (tertiary/aromatic N) is 1. The van der Waals surface area contributed by atoms with Crippen molar-refractivity contribution in [2.45, 2.75) is 13.3 Å². The van der Waals surface area contributed by atoms with Crippen LogP contribution in [0.2, 0.25) is 5.15 Å². The van der Waals surface area contributed by atoms with Crippen molar-refractivity contribution in [1.29, 1.82) is 0 Å². The maximum atomic E-state index is 5.99. The second-order valence-corrected chi connectivity index (χ2v) is 3.49. The highest BCUT2D eigenvalue weighted by atomic mass is 35.5. The van der Waals surface area contributed by atoms with E-state index in [0.29, 0.717) is 5.15 Å². The second-order valence-electron chi connectivity index (χ2n) is 3.11. The Labute approximate surface area is 87.9 Å². The Morgan fingerprint density at radius 3 is 2.71 bits per heavy atom. The number of rotatable bonds is 2. The molecule has 72 valence electrons. The van der Waals surface area contributed by atoms with E-state index in [2.05, 4.69) is 29.3 Å². The van der Waals surface area contributed by atoms with Gasteiger partial charge in [0.2, 0.25) is 0 Å². The molecule has 0 saturated heterocycles. The van der Waals surface area contributed by atoms with Gasteiger partial charge in [-0.2, -0.15) is 5.10 Å². The minimum Gasteiger partial charge on any atom is -0.267 e. The molecular formula is C11H11ClN2. The Kier molecular flexibility index (Phi) is 2.55. The van der Waals surface area contributed by atoms with Gasteiger partial charge in [-0.25, -0.2) is 0 Å². The monoisotopic (exact) mass is 206 g/mol. The van der Waals surface area contributed by atoms with Crippen molar-refractivity contribution >= 4 is 11.6 Å². The lowest BCUT2D eigenvalue weighted by Crippen LogP contribution is -1.85. The number of aryl methyl sites for hydroxylation is 1. The van der Waals surface area contributed by atoms with Crippen molar-refractivity contribution in [1.82, 2.24) is 10.2 Å². The van der Waals surface area contributed by atoms with Crippen molar-refractivity contribution in [3.63, 3.8) is 0 Å². The summed E-state index contributed by atoms with van der Waals surface area (Å²) in [6, 6.07) is 8.22. The lowest BCUT2D eigenvalue weighted by Gasteiger charge is -2.04. The third-order valence-electron chi connectivity index (χ3n) is 2.28. The molecule has 0 aliphatic carbocycles. The average Bonchev–Trinajstić information content (AvgIpc) is 2.64. The van der Waals surface area contributed by atoms with Gasteiger partial charge >= 0.3 is 0 Å². The molecule has 0 amide bonds. The number of aromatic nitrogens is 2. The lowest BCUT2D eigenvalue weighted by atomic mass is 10.0. The molecular weight excluding hydrogens is 196 g/mol. The van der Waals surface area contributed by atoms with Gasteiger partial charge < -0.3 is 0 Å². The topological polar surface area (TPSA) is 28.7 Å². The molecule has 0 radical (unpaired) electrons. The SMILES string of the molecule is CCc1ccccc1-c1cn[nH]c1Cl. The molecule has 2 rings (SSSR count). The quantitative estimate of drug-likeness (QED) is 0.803. The fourth-order valence-electron chi connectivity index (χ4n) is 1.55. The first kappa shape index (κ1) is 9.28. The maximum absolute atomic E-state index is 5.99. The predicted molar refractivity (Wildman–Crippen MR) is 58.4 cm³/mol. The minimum absolute atomic E-state index is 0.603. The Bertz CT molecular complexity index is 434. The van der Waals surface area contributed by atoms with Gasteiger partial charge in [0.05, 0.1) is 6.20 Å². The van der Waals surface area contributed by atoms with Crippen LogP contribution in [0, 0.1) is 0 Å². The third-order valence-corrected chi connectivity index (χ3v) is 2.57. The zero-order valence-electron chi connectivity index (χ0n) is 7.92. The molecule has 1 aromatic carbocycles. The number of benzene rings is 1. The zero-order chi connectivity index (χ0) is 9.97. The minimum atomic E-state index is 0.603. The molecule has 1 aromatic heterocycles. The highest BCUT2D eigenvalue weighted by Crippen LogP contribution is 2.28. The number of hydrogen-bond acceptors (Lipinski definition) is 1. The second kappa shape index (κ2) is 3.84. The number of halogens is 1. The van der Waals surface area contributed by atoms with Gasteiger partial charge in [-0.3, -0.25) is 5.10 Å². The molecule has 0 bridgehead atoms. The highest BCUT2D eigenvalue weighted by molar-refractivity contribution is 6.32. The molecule has 1 heterocycles. The summed E-state index contributed by atoms with van der Waals surface area (Å²) in [5.41, 5.74) is 3.42. The largest absolute Gasteiger partial charge is 0.267 e. The number of H-pyrrole nitrogens is 1. The number of aromatic amines is 1. The average molecular weight is 207 g/mol. The van der Waals surface area contributed by atoms with E-state index in [4.69, 9.17) is 11.6 Å². The van der Waals surface area contributed by atoms with Gasteiger partial charge in [0.1, 0.15) is 5.15 Å². The smallest absolute Gasteiger partial charge is 0.132 e. The van der Waals surface area contributed by atoms with Crippen molar-refractivity contribution in [2.75, 3.05) is 0 Å². The molecule has 1 N–H and O–H groups in total. The summed E-state index contributed by atoms with van der Waals surface area (Å²) in [6.07, 6.45) is 2.76. The molecule has 0 unspecified atom stereocenters. The summed E-state index contributed by atoms with van der Waals surface area (Å²) >= 11 is 5.99. The van der Waals surface area contributed by atoms with Crippen LogP contribution >= 0.6 is 11.6 Å². The van der Waals surface area contributed by atoms with Gasteiger partial charge in [-0.15, -0.1) is 0 Å². The Hall–Kier alpha value is -1.28. The molecule has 14 heavy (non-hydrogen) atoms. The van der Waals surface area contributed by atoms with E-state index in [0.717, 1.165) is 17.5 Å². The molecule has 0 spiro atoms. The van der Waals surface area contributed by atoms with Crippen molar-refractivity contribution in [2.24, 2.45) is 0 Å². The van der Waals surface area contributed by atoms with Crippen LogP contribution in [0.5, 0.6) is 0 Å². The molecule has 0 aliphatic heterocycles. The molecule has 0 atom stereocenters. The van der Waals surface area contributed by atoms with Crippen LogP contribution in [-0.4, -0.2) is 10.2 Å². The normalized spacial score (nSPS) is 10.4.